The van der Waals surface area contributed by atoms with E-state index in [4.69, 9.17) is 17.3 Å². The number of hydrogen-bond acceptors (Lipinski definition) is 7. The van der Waals surface area contributed by atoms with Crippen molar-refractivity contribution in [2.24, 2.45) is 5.73 Å². The van der Waals surface area contributed by atoms with Crippen LogP contribution in [0.25, 0.3) is 11.3 Å². The quantitative estimate of drug-likeness (QED) is 0.340. The highest BCUT2D eigenvalue weighted by Gasteiger charge is 2.24. The van der Waals surface area contributed by atoms with Crippen LogP contribution in [0.15, 0.2) is 48.4 Å². The van der Waals surface area contributed by atoms with E-state index in [1.165, 1.54) is 47.1 Å². The molecular weight excluding hydrogens is 498 g/mol. The van der Waals surface area contributed by atoms with Gasteiger partial charge in [0.15, 0.2) is 0 Å². The molecule has 13 heteroatoms. The number of anilines is 1. The topological polar surface area (TPSA) is 132 Å². The zero-order valence-corrected chi connectivity index (χ0v) is 20.1. The van der Waals surface area contributed by atoms with Crippen LogP contribution in [-0.4, -0.2) is 59.0 Å². The number of halogens is 3. The van der Waals surface area contributed by atoms with Gasteiger partial charge in [-0.25, -0.2) is 0 Å². The maximum Gasteiger partial charge on any atom is 0.387 e. The third kappa shape index (κ3) is 6.39. The number of piperidine rings is 1. The molecule has 1 aromatic carbocycles. The first-order valence-electron chi connectivity index (χ1n) is 10.9. The van der Waals surface area contributed by atoms with Crippen LogP contribution in [0.1, 0.15) is 12.8 Å². The molecule has 1 fully saturated rings. The number of Topliss-reactive ketones (excluding diaryl/α,β-unsaturated/α-hetero) is 1. The van der Waals surface area contributed by atoms with Gasteiger partial charge < -0.3 is 26.0 Å². The third-order valence-corrected chi connectivity index (χ3v) is 5.64. The van der Waals surface area contributed by atoms with E-state index in [2.05, 4.69) is 27.0 Å². The highest BCUT2D eigenvalue weighted by atomic mass is 35.5. The summed E-state index contributed by atoms with van der Waals surface area (Å²) < 4.78 is 32.0. The van der Waals surface area contributed by atoms with Crippen LogP contribution in [0, 0.1) is 0 Å². The number of ether oxygens (including phenoxy) is 1. The first-order valence-corrected chi connectivity index (χ1v) is 11.2. The fourth-order valence-corrected chi connectivity index (χ4v) is 3.74. The number of rotatable bonds is 9. The Labute approximate surface area is 210 Å². The fraction of sp³-hybridized carbons (Fsp3) is 0.304. The smallest absolute Gasteiger partial charge is 0.387 e. The number of ketones is 1. The van der Waals surface area contributed by atoms with Crippen LogP contribution < -0.4 is 21.1 Å². The molecule has 0 bridgehead atoms. The van der Waals surface area contributed by atoms with Gasteiger partial charge in [-0.3, -0.25) is 19.1 Å². The lowest BCUT2D eigenvalue weighted by Gasteiger charge is -2.25. The Kier molecular flexibility index (Phi) is 8.64. The monoisotopic (exact) mass is 522 g/mol. The standard InChI is InChI=1S/C23H25ClF2N6O4/c1-3-15(21(27)28-2)22(35)29-17-11-32(12-19(34)31-8-6-14(33)7-9-31)30-20(17)16-10-13(24)4-5-18(16)36-23(25)26/h3-5,10-11,23,28H,1,6-9,12,27H2,2H3,(H,29,35)/b21-15-. The molecule has 1 aromatic heterocycles. The summed E-state index contributed by atoms with van der Waals surface area (Å²) in [7, 11) is 1.52. The van der Waals surface area contributed by atoms with Crippen LogP contribution in [0.2, 0.25) is 5.02 Å². The summed E-state index contributed by atoms with van der Waals surface area (Å²) in [5.74, 6) is -1.04. The minimum atomic E-state index is -3.13. The summed E-state index contributed by atoms with van der Waals surface area (Å²) >= 11 is 6.10. The molecule has 0 saturated carbocycles. The highest BCUT2D eigenvalue weighted by molar-refractivity contribution is 6.31. The van der Waals surface area contributed by atoms with Crippen molar-refractivity contribution in [2.45, 2.75) is 26.0 Å². The van der Waals surface area contributed by atoms with Crippen LogP contribution in [0.3, 0.4) is 0 Å². The van der Waals surface area contributed by atoms with E-state index in [9.17, 15) is 23.2 Å². The Hall–Kier alpha value is -3.93. The van der Waals surface area contributed by atoms with Gasteiger partial charge in [0.05, 0.1) is 11.3 Å². The zero-order chi connectivity index (χ0) is 26.4. The summed E-state index contributed by atoms with van der Waals surface area (Å²) in [6.45, 7) is 0.833. The first kappa shape index (κ1) is 26.7. The van der Waals surface area contributed by atoms with Gasteiger partial charge >= 0.3 is 6.61 Å². The van der Waals surface area contributed by atoms with Crippen molar-refractivity contribution in [1.82, 2.24) is 20.0 Å². The molecule has 36 heavy (non-hydrogen) atoms. The zero-order valence-electron chi connectivity index (χ0n) is 19.4. The lowest BCUT2D eigenvalue weighted by Crippen LogP contribution is -2.40. The number of nitrogens with one attached hydrogen (secondary N) is 2. The number of benzene rings is 1. The molecule has 0 atom stereocenters. The molecule has 10 nitrogen and oxygen atoms in total. The second kappa shape index (κ2) is 11.7. The van der Waals surface area contributed by atoms with E-state index in [1.54, 1.807) is 0 Å². The second-order valence-corrected chi connectivity index (χ2v) is 8.20. The predicted octanol–water partition coefficient (Wildman–Crippen LogP) is 2.51. The molecule has 192 valence electrons. The highest BCUT2D eigenvalue weighted by Crippen LogP contribution is 2.37. The fourth-order valence-electron chi connectivity index (χ4n) is 3.57. The normalized spacial score (nSPS) is 14.4. The molecule has 4 N–H and O–H groups in total. The average Bonchev–Trinajstić information content (AvgIpc) is 3.22. The number of alkyl halides is 2. The molecule has 1 aliphatic heterocycles. The lowest BCUT2D eigenvalue weighted by atomic mass is 10.1. The number of carbonyl (C=O) groups is 3. The number of likely N-dealkylation sites (tertiary alicyclic amines) is 1. The molecule has 0 radical (unpaired) electrons. The molecule has 0 aliphatic carbocycles. The summed E-state index contributed by atoms with van der Waals surface area (Å²) in [4.78, 5) is 38.7. The van der Waals surface area contributed by atoms with Crippen LogP contribution in [0.4, 0.5) is 14.5 Å². The van der Waals surface area contributed by atoms with Gasteiger partial charge in [0.1, 0.15) is 29.6 Å². The molecular formula is C23H25ClF2N6O4. The molecule has 2 aromatic rings. The minimum absolute atomic E-state index is 0.0282. The molecule has 3 rings (SSSR count). The maximum absolute atomic E-state index is 13.1. The maximum atomic E-state index is 13.1. The molecule has 1 aliphatic rings. The SMILES string of the molecule is C=C/C(C(=O)Nc1cn(CC(=O)N2CCC(=O)CC2)nc1-c1cc(Cl)ccc1OC(F)F)=C(\N)NC. The molecule has 2 amide bonds. The number of nitrogens with zero attached hydrogens (tertiary/aromatic N) is 3. The van der Waals surface area contributed by atoms with E-state index in [0.29, 0.717) is 13.1 Å². The van der Waals surface area contributed by atoms with Gasteiger partial charge in [-0.15, -0.1) is 0 Å². The largest absolute Gasteiger partial charge is 0.434 e. The predicted molar refractivity (Wildman–Crippen MR) is 129 cm³/mol. The van der Waals surface area contributed by atoms with E-state index < -0.39 is 12.5 Å². The van der Waals surface area contributed by atoms with Crippen molar-refractivity contribution in [1.29, 1.82) is 0 Å². The van der Waals surface area contributed by atoms with Crippen LogP contribution in [0.5, 0.6) is 5.75 Å². The Balaban J connectivity index is 2.01. The van der Waals surface area contributed by atoms with Gasteiger partial charge in [0.2, 0.25) is 5.91 Å². The summed E-state index contributed by atoms with van der Waals surface area (Å²) in [6.07, 6.45) is 3.18. The second-order valence-electron chi connectivity index (χ2n) is 7.76. The molecule has 0 unspecified atom stereocenters. The first-order chi connectivity index (χ1) is 17.1. The minimum Gasteiger partial charge on any atom is -0.434 e. The van der Waals surface area contributed by atoms with Crippen LogP contribution in [-0.2, 0) is 20.9 Å². The van der Waals surface area contributed by atoms with Crippen molar-refractivity contribution in [2.75, 3.05) is 25.5 Å². The summed E-state index contributed by atoms with van der Waals surface area (Å²) in [5.41, 5.74) is 6.04. The molecule has 0 spiro atoms. The summed E-state index contributed by atoms with van der Waals surface area (Å²) in [5, 5.41) is 9.84. The summed E-state index contributed by atoms with van der Waals surface area (Å²) in [6, 6.07) is 3.97. The molecule has 2 heterocycles. The van der Waals surface area contributed by atoms with Gasteiger partial charge in [-0.2, -0.15) is 13.9 Å². The van der Waals surface area contributed by atoms with Crippen LogP contribution >= 0.6 is 11.6 Å². The van der Waals surface area contributed by atoms with Crippen molar-refractivity contribution >= 4 is 34.9 Å². The lowest BCUT2D eigenvalue weighted by molar-refractivity contribution is -0.135. The Morgan fingerprint density at radius 1 is 1.33 bits per heavy atom. The van der Waals surface area contributed by atoms with Crippen molar-refractivity contribution in [3.8, 4) is 17.0 Å². The number of aromatic nitrogens is 2. The van der Waals surface area contributed by atoms with E-state index in [-0.39, 0.29) is 70.2 Å². The van der Waals surface area contributed by atoms with Gasteiger partial charge in [0.25, 0.3) is 5.91 Å². The average molecular weight is 523 g/mol. The van der Waals surface area contributed by atoms with Crippen molar-refractivity contribution < 1.29 is 27.9 Å². The van der Waals surface area contributed by atoms with Gasteiger partial charge in [-0.05, 0) is 18.2 Å². The van der Waals surface area contributed by atoms with Crippen molar-refractivity contribution in [3.05, 3.63) is 53.5 Å². The molecule has 1 saturated heterocycles. The number of hydrogen-bond donors (Lipinski definition) is 3. The van der Waals surface area contributed by atoms with E-state index >= 15 is 0 Å². The Morgan fingerprint density at radius 2 is 2.03 bits per heavy atom. The Bertz CT molecular complexity index is 1200. The van der Waals surface area contributed by atoms with Crippen molar-refractivity contribution in [3.63, 3.8) is 0 Å². The van der Waals surface area contributed by atoms with Gasteiger partial charge in [-0.1, -0.05) is 24.3 Å². The van der Waals surface area contributed by atoms with E-state index in [1.807, 2.05) is 0 Å². The number of nitrogens with two attached hydrogens (primary N) is 1. The van der Waals surface area contributed by atoms with Gasteiger partial charge in [0, 0.05) is 49.8 Å². The number of carbonyl (C=O) groups excluding carboxylic acids is 3. The van der Waals surface area contributed by atoms with E-state index in [0.717, 1.165) is 0 Å². The Morgan fingerprint density at radius 3 is 2.64 bits per heavy atom. The number of amides is 2. The third-order valence-electron chi connectivity index (χ3n) is 5.40.